The van der Waals surface area contributed by atoms with Crippen molar-refractivity contribution in [3.05, 3.63) is 11.7 Å². The first-order valence-electron chi connectivity index (χ1n) is 8.21. The third-order valence-corrected chi connectivity index (χ3v) is 4.69. The molecule has 0 aromatic carbocycles. The second kappa shape index (κ2) is 7.36. The third-order valence-electron chi connectivity index (χ3n) is 4.69. The fourth-order valence-electron chi connectivity index (χ4n) is 3.08. The number of nitrogens with one attached hydrogen (secondary N) is 1. The van der Waals surface area contributed by atoms with Gasteiger partial charge < -0.3 is 14.6 Å². The molecule has 0 bridgehead atoms. The van der Waals surface area contributed by atoms with Crippen molar-refractivity contribution in [2.75, 3.05) is 13.7 Å². The molecule has 5 heteroatoms. The van der Waals surface area contributed by atoms with Crippen molar-refractivity contribution in [2.24, 2.45) is 5.92 Å². The van der Waals surface area contributed by atoms with Gasteiger partial charge in [0.1, 0.15) is 5.60 Å². The maximum absolute atomic E-state index is 5.79. The van der Waals surface area contributed by atoms with Crippen LogP contribution in [0.25, 0.3) is 0 Å². The van der Waals surface area contributed by atoms with Crippen LogP contribution in [0.4, 0.5) is 0 Å². The minimum atomic E-state index is -0.332. The Balaban J connectivity index is 1.97. The van der Waals surface area contributed by atoms with Crippen molar-refractivity contribution >= 4 is 0 Å². The molecule has 120 valence electrons. The summed E-state index contributed by atoms with van der Waals surface area (Å²) >= 11 is 0. The number of ether oxygens (including phenoxy) is 1. The highest BCUT2D eigenvalue weighted by Crippen LogP contribution is 2.40. The van der Waals surface area contributed by atoms with Gasteiger partial charge in [-0.05, 0) is 51.5 Å². The summed E-state index contributed by atoms with van der Waals surface area (Å²) in [6.45, 7) is 7.58. The second-order valence-electron chi connectivity index (χ2n) is 6.39. The Morgan fingerprint density at radius 2 is 2.14 bits per heavy atom. The third kappa shape index (κ3) is 4.04. The number of aromatic nitrogens is 2. The number of methoxy groups -OCH3 is 1. The first-order chi connectivity index (χ1) is 10.1. The molecular formula is C16H29N3O2. The number of nitrogens with zero attached hydrogens (tertiary/aromatic N) is 2. The lowest BCUT2D eigenvalue weighted by Gasteiger charge is -2.35. The van der Waals surface area contributed by atoms with Crippen LogP contribution in [0.5, 0.6) is 0 Å². The fourth-order valence-corrected chi connectivity index (χ4v) is 3.08. The molecule has 5 nitrogen and oxygen atoms in total. The minimum Gasteiger partial charge on any atom is -0.370 e. The Labute approximate surface area is 127 Å². The highest BCUT2D eigenvalue weighted by Gasteiger charge is 2.40. The molecule has 0 spiro atoms. The van der Waals surface area contributed by atoms with Crippen LogP contribution in [0.3, 0.4) is 0 Å². The summed E-state index contributed by atoms with van der Waals surface area (Å²) in [6.07, 6.45) is 6.11. The summed E-state index contributed by atoms with van der Waals surface area (Å²) in [5.41, 5.74) is -0.332. The molecular weight excluding hydrogens is 266 g/mol. The van der Waals surface area contributed by atoms with Crippen molar-refractivity contribution in [3.63, 3.8) is 0 Å². The minimum absolute atomic E-state index is 0.332. The van der Waals surface area contributed by atoms with E-state index in [0.29, 0.717) is 6.04 Å². The van der Waals surface area contributed by atoms with Gasteiger partial charge in [0.05, 0.1) is 0 Å². The van der Waals surface area contributed by atoms with E-state index in [0.717, 1.165) is 62.7 Å². The van der Waals surface area contributed by atoms with Crippen LogP contribution in [0.1, 0.15) is 64.6 Å². The quantitative estimate of drug-likeness (QED) is 0.837. The Hall–Kier alpha value is -0.940. The van der Waals surface area contributed by atoms with E-state index in [4.69, 9.17) is 9.26 Å². The molecule has 1 atom stereocenters. The molecule has 1 aromatic rings. The molecule has 1 N–H and O–H groups in total. The molecule has 1 unspecified atom stereocenters. The molecule has 1 saturated carbocycles. The largest absolute Gasteiger partial charge is 0.370 e. The zero-order valence-electron chi connectivity index (χ0n) is 13.8. The molecule has 2 rings (SSSR count). The van der Waals surface area contributed by atoms with Gasteiger partial charge in [-0.2, -0.15) is 4.98 Å². The van der Waals surface area contributed by atoms with E-state index in [2.05, 4.69) is 36.2 Å². The summed E-state index contributed by atoms with van der Waals surface area (Å²) in [5, 5.41) is 7.60. The molecule has 1 heterocycles. The van der Waals surface area contributed by atoms with Crippen molar-refractivity contribution < 1.29 is 9.26 Å². The van der Waals surface area contributed by atoms with Crippen molar-refractivity contribution in [1.29, 1.82) is 0 Å². The smallest absolute Gasteiger partial charge is 0.226 e. The normalized spacial score (nSPS) is 27.7. The van der Waals surface area contributed by atoms with E-state index in [9.17, 15) is 0 Å². The van der Waals surface area contributed by atoms with Gasteiger partial charge in [0.25, 0.3) is 0 Å². The summed E-state index contributed by atoms with van der Waals surface area (Å²) in [5.74, 6) is 2.23. The Kier molecular flexibility index (Phi) is 5.76. The Morgan fingerprint density at radius 1 is 1.43 bits per heavy atom. The molecule has 1 aromatic heterocycles. The Morgan fingerprint density at radius 3 is 2.76 bits per heavy atom. The molecule has 1 aliphatic rings. The molecule has 0 saturated heterocycles. The second-order valence-corrected chi connectivity index (χ2v) is 6.39. The standard InChI is InChI=1S/C16H29N3O2/c1-5-17-13(3)6-7-14-18-15(19-21-14)16(20-4)10-8-12(2)9-11-16/h12-13,17H,5-11H2,1-4H3. The average molecular weight is 295 g/mol. The molecule has 0 amide bonds. The predicted molar refractivity (Wildman–Crippen MR) is 82.1 cm³/mol. The van der Waals surface area contributed by atoms with E-state index < -0.39 is 0 Å². The summed E-state index contributed by atoms with van der Waals surface area (Å²) < 4.78 is 11.2. The van der Waals surface area contributed by atoms with Crippen LogP contribution in [0, 0.1) is 5.92 Å². The van der Waals surface area contributed by atoms with Crippen molar-refractivity contribution in [1.82, 2.24) is 15.5 Å². The van der Waals surface area contributed by atoms with Gasteiger partial charge in [-0.3, -0.25) is 0 Å². The van der Waals surface area contributed by atoms with Gasteiger partial charge in [-0.25, -0.2) is 0 Å². The van der Waals surface area contributed by atoms with Crippen LogP contribution in [0.15, 0.2) is 4.52 Å². The number of aryl methyl sites for hydroxylation is 1. The maximum Gasteiger partial charge on any atom is 0.226 e. The fraction of sp³-hybridized carbons (Fsp3) is 0.875. The van der Waals surface area contributed by atoms with Gasteiger partial charge in [-0.1, -0.05) is 19.0 Å². The summed E-state index contributed by atoms with van der Waals surface area (Å²) in [7, 11) is 1.76. The van der Waals surface area contributed by atoms with Gasteiger partial charge in [0, 0.05) is 19.6 Å². The highest BCUT2D eigenvalue weighted by atomic mass is 16.5. The lowest BCUT2D eigenvalue weighted by molar-refractivity contribution is -0.0609. The van der Waals surface area contributed by atoms with E-state index in [-0.39, 0.29) is 5.60 Å². The zero-order chi connectivity index (χ0) is 15.3. The maximum atomic E-state index is 5.79. The van der Waals surface area contributed by atoms with Crippen molar-refractivity contribution in [3.8, 4) is 0 Å². The zero-order valence-corrected chi connectivity index (χ0v) is 13.8. The van der Waals surface area contributed by atoms with E-state index in [1.807, 2.05) is 0 Å². The van der Waals surface area contributed by atoms with Crippen LogP contribution >= 0.6 is 0 Å². The monoisotopic (exact) mass is 295 g/mol. The Bertz CT molecular complexity index is 425. The average Bonchev–Trinajstić information content (AvgIpc) is 2.96. The molecule has 0 radical (unpaired) electrons. The molecule has 1 aliphatic carbocycles. The molecule has 0 aliphatic heterocycles. The van der Waals surface area contributed by atoms with Crippen LogP contribution in [0.2, 0.25) is 0 Å². The SMILES string of the molecule is CCNC(C)CCc1nc(C2(OC)CCC(C)CC2)no1. The van der Waals surface area contributed by atoms with Gasteiger partial charge in [0.15, 0.2) is 0 Å². The number of rotatable bonds is 7. The van der Waals surface area contributed by atoms with Crippen molar-refractivity contribution in [2.45, 2.75) is 70.9 Å². The van der Waals surface area contributed by atoms with Gasteiger partial charge in [0.2, 0.25) is 11.7 Å². The van der Waals surface area contributed by atoms with Crippen LogP contribution < -0.4 is 5.32 Å². The highest BCUT2D eigenvalue weighted by molar-refractivity contribution is 5.04. The van der Waals surface area contributed by atoms with E-state index in [1.165, 1.54) is 0 Å². The first kappa shape index (κ1) is 16.4. The summed E-state index contributed by atoms with van der Waals surface area (Å²) in [4.78, 5) is 4.60. The van der Waals surface area contributed by atoms with Crippen LogP contribution in [-0.4, -0.2) is 29.8 Å². The van der Waals surface area contributed by atoms with E-state index >= 15 is 0 Å². The van der Waals surface area contributed by atoms with Gasteiger partial charge in [-0.15, -0.1) is 0 Å². The first-order valence-corrected chi connectivity index (χ1v) is 8.21. The van der Waals surface area contributed by atoms with Crippen LogP contribution in [-0.2, 0) is 16.8 Å². The lowest BCUT2D eigenvalue weighted by Crippen LogP contribution is -2.34. The summed E-state index contributed by atoms with van der Waals surface area (Å²) in [6, 6.07) is 0.470. The molecule has 1 fully saturated rings. The van der Waals surface area contributed by atoms with Gasteiger partial charge >= 0.3 is 0 Å². The van der Waals surface area contributed by atoms with E-state index in [1.54, 1.807) is 7.11 Å². The number of hydrogen-bond acceptors (Lipinski definition) is 5. The molecule has 21 heavy (non-hydrogen) atoms. The predicted octanol–water partition coefficient (Wildman–Crippen LogP) is 3.05. The topological polar surface area (TPSA) is 60.2 Å². The lowest BCUT2D eigenvalue weighted by atomic mass is 9.79. The number of hydrogen-bond donors (Lipinski definition) is 1.